The van der Waals surface area contributed by atoms with Crippen LogP contribution >= 0.6 is 11.8 Å². The number of benzene rings is 2. The number of hydrogen-bond acceptors (Lipinski definition) is 6. The van der Waals surface area contributed by atoms with Crippen molar-refractivity contribution in [3.63, 3.8) is 0 Å². The van der Waals surface area contributed by atoms with Crippen molar-refractivity contribution in [2.45, 2.75) is 43.5 Å². The number of likely N-dealkylation sites (tertiary alicyclic amines) is 1. The SMILES string of the molecule is O=C(CSc1nc2ccccc2c(=O)n1CC1COc2ccccc2O1)N1CCCCCC1. The molecule has 0 spiro atoms. The summed E-state index contributed by atoms with van der Waals surface area (Å²) in [6.07, 6.45) is 4.12. The number of thioether (sulfide) groups is 1. The summed E-state index contributed by atoms with van der Waals surface area (Å²) in [5.41, 5.74) is 0.502. The quantitative estimate of drug-likeness (QED) is 0.422. The summed E-state index contributed by atoms with van der Waals surface area (Å²) in [5, 5.41) is 1.09. The van der Waals surface area contributed by atoms with E-state index in [1.165, 1.54) is 24.6 Å². The van der Waals surface area contributed by atoms with Gasteiger partial charge >= 0.3 is 0 Å². The van der Waals surface area contributed by atoms with Crippen LogP contribution < -0.4 is 15.0 Å². The number of hydrogen-bond donors (Lipinski definition) is 0. The molecule has 1 atom stereocenters. The van der Waals surface area contributed by atoms with Crippen molar-refractivity contribution < 1.29 is 14.3 Å². The third-order valence-corrected chi connectivity index (χ3v) is 7.03. The van der Waals surface area contributed by atoms with Gasteiger partial charge in [-0.1, -0.05) is 48.9 Å². The van der Waals surface area contributed by atoms with E-state index in [4.69, 9.17) is 14.5 Å². The number of rotatable bonds is 5. The molecule has 1 amide bonds. The molecule has 0 N–H and O–H groups in total. The first-order valence-corrected chi connectivity index (χ1v) is 12.5. The zero-order valence-corrected chi connectivity index (χ0v) is 19.3. The van der Waals surface area contributed by atoms with Crippen LogP contribution in [0.3, 0.4) is 0 Å². The summed E-state index contributed by atoms with van der Waals surface area (Å²) in [6, 6.07) is 14.8. The molecular formula is C25H27N3O4S. The van der Waals surface area contributed by atoms with Crippen LogP contribution in [0, 0.1) is 0 Å². The lowest BCUT2D eigenvalue weighted by atomic mass is 10.2. The van der Waals surface area contributed by atoms with E-state index in [1.807, 2.05) is 47.4 Å². The molecule has 1 aromatic heterocycles. The Morgan fingerprint density at radius 2 is 1.73 bits per heavy atom. The maximum absolute atomic E-state index is 13.4. The smallest absolute Gasteiger partial charge is 0.262 e. The predicted molar refractivity (Wildman–Crippen MR) is 128 cm³/mol. The van der Waals surface area contributed by atoms with E-state index in [9.17, 15) is 9.59 Å². The van der Waals surface area contributed by atoms with Crippen LogP contribution in [-0.2, 0) is 11.3 Å². The third-order valence-electron chi connectivity index (χ3n) is 6.06. The summed E-state index contributed by atoms with van der Waals surface area (Å²) >= 11 is 1.32. The van der Waals surface area contributed by atoms with Gasteiger partial charge in [-0.15, -0.1) is 0 Å². The number of ether oxygens (including phenoxy) is 2. The van der Waals surface area contributed by atoms with Crippen LogP contribution in [-0.4, -0.2) is 51.9 Å². The fourth-order valence-electron chi connectivity index (χ4n) is 4.31. The zero-order chi connectivity index (χ0) is 22.6. The van der Waals surface area contributed by atoms with Crippen LogP contribution in [0.15, 0.2) is 58.5 Å². The first-order chi connectivity index (χ1) is 16.2. The van der Waals surface area contributed by atoms with Crippen LogP contribution in [0.5, 0.6) is 11.5 Å². The van der Waals surface area contributed by atoms with Gasteiger partial charge in [0.05, 0.1) is 23.2 Å². The molecule has 1 saturated heterocycles. The topological polar surface area (TPSA) is 73.7 Å². The molecule has 7 nitrogen and oxygen atoms in total. The van der Waals surface area contributed by atoms with Crippen LogP contribution in [0.2, 0.25) is 0 Å². The van der Waals surface area contributed by atoms with Gasteiger partial charge in [0.25, 0.3) is 5.56 Å². The van der Waals surface area contributed by atoms with Gasteiger partial charge in [-0.2, -0.15) is 0 Å². The number of carbonyl (C=O) groups excluding carboxylic acids is 1. The second kappa shape index (κ2) is 9.87. The van der Waals surface area contributed by atoms with Gasteiger partial charge in [-0.3, -0.25) is 14.2 Å². The van der Waals surface area contributed by atoms with E-state index in [1.54, 1.807) is 10.6 Å². The van der Waals surface area contributed by atoms with Crippen molar-refractivity contribution >= 4 is 28.6 Å². The molecule has 8 heteroatoms. The van der Waals surface area contributed by atoms with Crippen LogP contribution in [0.4, 0.5) is 0 Å². The highest BCUT2D eigenvalue weighted by Gasteiger charge is 2.24. The van der Waals surface area contributed by atoms with E-state index in [-0.39, 0.29) is 23.3 Å². The molecule has 172 valence electrons. The summed E-state index contributed by atoms with van der Waals surface area (Å²) in [4.78, 5) is 32.9. The van der Waals surface area contributed by atoms with Gasteiger partial charge in [-0.25, -0.2) is 4.98 Å². The Kier molecular flexibility index (Phi) is 6.53. The molecular weight excluding hydrogens is 438 g/mol. The number of carbonyl (C=O) groups is 1. The lowest BCUT2D eigenvalue weighted by Crippen LogP contribution is -2.38. The Hall–Kier alpha value is -3.00. The lowest BCUT2D eigenvalue weighted by molar-refractivity contribution is -0.128. The van der Waals surface area contributed by atoms with Gasteiger partial charge in [0.1, 0.15) is 6.61 Å². The lowest BCUT2D eigenvalue weighted by Gasteiger charge is -2.27. The van der Waals surface area contributed by atoms with Crippen molar-refractivity contribution in [3.05, 3.63) is 58.9 Å². The normalized spacial score (nSPS) is 18.2. The maximum Gasteiger partial charge on any atom is 0.262 e. The van der Waals surface area contributed by atoms with Gasteiger partial charge in [-0.05, 0) is 37.1 Å². The Morgan fingerprint density at radius 1 is 1.00 bits per heavy atom. The Morgan fingerprint density at radius 3 is 2.55 bits per heavy atom. The van der Waals surface area contributed by atoms with Crippen molar-refractivity contribution in [3.8, 4) is 11.5 Å². The zero-order valence-electron chi connectivity index (χ0n) is 18.4. The number of nitrogens with zero attached hydrogens (tertiary/aromatic N) is 3. The predicted octanol–water partition coefficient (Wildman–Crippen LogP) is 3.73. The van der Waals surface area contributed by atoms with E-state index in [2.05, 4.69) is 0 Å². The standard InChI is InChI=1S/C25H27N3O4S/c29-23(27-13-7-1-2-8-14-27)17-33-25-26-20-10-4-3-9-19(20)24(30)28(25)15-18-16-31-21-11-5-6-12-22(21)32-18/h3-6,9-12,18H,1-2,7-8,13-17H2. The second-order valence-electron chi connectivity index (χ2n) is 8.41. The summed E-state index contributed by atoms with van der Waals surface area (Å²) in [6.45, 7) is 2.26. The van der Waals surface area contributed by atoms with Crippen molar-refractivity contribution in [2.24, 2.45) is 0 Å². The van der Waals surface area contributed by atoms with Crippen molar-refractivity contribution in [2.75, 3.05) is 25.4 Å². The highest BCUT2D eigenvalue weighted by atomic mass is 32.2. The molecule has 2 aliphatic rings. The second-order valence-corrected chi connectivity index (χ2v) is 9.35. The highest BCUT2D eigenvalue weighted by molar-refractivity contribution is 7.99. The minimum atomic E-state index is -0.332. The molecule has 0 aliphatic carbocycles. The van der Waals surface area contributed by atoms with Gasteiger partial charge in [0.2, 0.25) is 5.91 Å². The highest BCUT2D eigenvalue weighted by Crippen LogP contribution is 2.31. The minimum Gasteiger partial charge on any atom is -0.486 e. The molecule has 1 unspecified atom stereocenters. The Bertz CT molecular complexity index is 1200. The Balaban J connectivity index is 1.39. The Labute approximate surface area is 196 Å². The fraction of sp³-hybridized carbons (Fsp3) is 0.400. The number of aromatic nitrogens is 2. The molecule has 0 bridgehead atoms. The van der Waals surface area contributed by atoms with Crippen molar-refractivity contribution in [1.82, 2.24) is 14.5 Å². The molecule has 2 aromatic carbocycles. The maximum atomic E-state index is 13.4. The van der Waals surface area contributed by atoms with Gasteiger partial charge < -0.3 is 14.4 Å². The van der Waals surface area contributed by atoms with Gasteiger partial charge in [0, 0.05) is 13.1 Å². The number of amides is 1. The first kappa shape index (κ1) is 21.8. The van der Waals surface area contributed by atoms with E-state index in [0.29, 0.717) is 40.7 Å². The minimum absolute atomic E-state index is 0.0991. The summed E-state index contributed by atoms with van der Waals surface area (Å²) in [5.74, 6) is 1.73. The molecule has 1 fully saturated rings. The third kappa shape index (κ3) is 4.85. The number of para-hydroxylation sites is 3. The summed E-state index contributed by atoms with van der Waals surface area (Å²) < 4.78 is 13.6. The number of fused-ring (bicyclic) bond motifs is 2. The summed E-state index contributed by atoms with van der Waals surface area (Å²) in [7, 11) is 0. The molecule has 2 aliphatic heterocycles. The monoisotopic (exact) mass is 465 g/mol. The average molecular weight is 466 g/mol. The molecule has 3 heterocycles. The van der Waals surface area contributed by atoms with Crippen molar-refractivity contribution in [1.29, 1.82) is 0 Å². The van der Waals surface area contributed by atoms with Gasteiger partial charge in [0.15, 0.2) is 22.8 Å². The molecule has 0 saturated carbocycles. The van der Waals surface area contributed by atoms with E-state index < -0.39 is 0 Å². The van der Waals surface area contributed by atoms with E-state index >= 15 is 0 Å². The fourth-order valence-corrected chi connectivity index (χ4v) is 5.22. The van der Waals surface area contributed by atoms with Crippen LogP contribution in [0.25, 0.3) is 10.9 Å². The molecule has 5 rings (SSSR count). The molecule has 0 radical (unpaired) electrons. The average Bonchev–Trinajstić information content (AvgIpc) is 3.14. The van der Waals surface area contributed by atoms with E-state index in [0.717, 1.165) is 25.9 Å². The largest absolute Gasteiger partial charge is 0.486 e. The first-order valence-electron chi connectivity index (χ1n) is 11.5. The molecule has 3 aromatic rings. The van der Waals surface area contributed by atoms with Crippen LogP contribution in [0.1, 0.15) is 25.7 Å². The molecule has 33 heavy (non-hydrogen) atoms.